The van der Waals surface area contributed by atoms with Crippen LogP contribution in [-0.2, 0) is 31.7 Å². The van der Waals surface area contributed by atoms with E-state index in [1.807, 2.05) is 0 Å². The van der Waals surface area contributed by atoms with Crippen LogP contribution in [-0.4, -0.2) is 5.92 Å². The molecule has 4 heteroatoms. The summed E-state index contributed by atoms with van der Waals surface area (Å²) in [5.41, 5.74) is 2.61. The molecular weight excluding hydrogens is 662 g/mol. The number of halogens is 2. The van der Waals surface area contributed by atoms with E-state index in [0.29, 0.717) is 0 Å². The molecule has 2 atom stereocenters. The molecule has 2 aliphatic rings. The summed E-state index contributed by atoms with van der Waals surface area (Å²) < 4.78 is 3.56. The van der Waals surface area contributed by atoms with E-state index in [4.69, 9.17) is 0 Å². The second-order valence-corrected chi connectivity index (χ2v) is 32.0. The van der Waals surface area contributed by atoms with Crippen LogP contribution in [0.2, 0.25) is 13.1 Å². The Balaban J connectivity index is 0.00000186. The van der Waals surface area contributed by atoms with Crippen molar-refractivity contribution in [3.63, 3.8) is 0 Å². The minimum Gasteiger partial charge on any atom is -0.269 e. The Morgan fingerprint density at radius 2 is 0.826 bits per heavy atom. The van der Waals surface area contributed by atoms with Crippen molar-refractivity contribution in [3.05, 3.63) is 165 Å². The number of hydrogen-bond donors (Lipinski definition) is 0. The molecule has 6 aromatic carbocycles. The van der Waals surface area contributed by atoms with Gasteiger partial charge in [0, 0.05) is 0 Å². The predicted molar refractivity (Wildman–Crippen MR) is 194 cm³/mol. The van der Waals surface area contributed by atoms with Crippen molar-refractivity contribution in [2.75, 3.05) is 0 Å². The Labute approximate surface area is 278 Å². The number of benzene rings is 6. The average Bonchev–Trinajstić information content (AvgIpc) is 3.52. The zero-order chi connectivity index (χ0) is 30.1. The predicted octanol–water partition coefficient (Wildman–Crippen LogP) is 7.32. The standard InChI is InChI=1S/2C20H15.C2H7Si.2FH.Zr/c2*1-20(13-16-8-2-3-9-17(16)14-20)19-12-6-10-15-7-4-5-11-18(15)19;1-3-2;;;/h2*2-13H,1H3;3H,1-2H3;2*1H;. The molecule has 0 aromatic heterocycles. The molecule has 0 heterocycles. The molecule has 2 unspecified atom stereocenters. The second-order valence-electron chi connectivity index (χ2n) is 13.2. The molecule has 8 rings (SSSR count). The fourth-order valence-electron chi connectivity index (χ4n) is 8.36. The van der Waals surface area contributed by atoms with Crippen molar-refractivity contribution in [1.29, 1.82) is 0 Å². The van der Waals surface area contributed by atoms with Crippen LogP contribution in [0.3, 0.4) is 0 Å². The molecule has 0 nitrogen and oxygen atoms in total. The van der Waals surface area contributed by atoms with Gasteiger partial charge in [-0.1, -0.05) is 0 Å². The summed E-state index contributed by atoms with van der Waals surface area (Å²) in [6.45, 7) is 10.4. The van der Waals surface area contributed by atoms with Crippen LogP contribution in [0.25, 0.3) is 40.3 Å². The summed E-state index contributed by atoms with van der Waals surface area (Å²) in [5.74, 6) is -1.16. The molecule has 0 aliphatic heterocycles. The molecule has 0 saturated heterocycles. The second kappa shape index (κ2) is 12.1. The maximum Gasteiger partial charge on any atom is -0.269 e. The summed E-state index contributed by atoms with van der Waals surface area (Å²) >= 11 is -2.59. The molecule has 2 aliphatic carbocycles. The van der Waals surface area contributed by atoms with Crippen LogP contribution in [0.1, 0.15) is 25.0 Å². The van der Waals surface area contributed by atoms with E-state index in [-0.39, 0.29) is 20.2 Å². The first-order chi connectivity index (χ1) is 21.4. The van der Waals surface area contributed by atoms with E-state index in [2.05, 4.69) is 173 Å². The van der Waals surface area contributed by atoms with Crippen molar-refractivity contribution < 1.29 is 30.3 Å². The quantitative estimate of drug-likeness (QED) is 0.166. The summed E-state index contributed by atoms with van der Waals surface area (Å²) in [6, 6.07) is 50.5. The minimum absolute atomic E-state index is 0. The van der Waals surface area contributed by atoms with Gasteiger partial charge in [0.2, 0.25) is 0 Å². The van der Waals surface area contributed by atoms with Gasteiger partial charge in [-0.15, -0.1) is 0 Å². The summed E-state index contributed by atoms with van der Waals surface area (Å²) in [7, 11) is 0. The van der Waals surface area contributed by atoms with Crippen LogP contribution in [0.4, 0.5) is 9.41 Å². The maximum absolute atomic E-state index is 2.66. The van der Waals surface area contributed by atoms with Gasteiger partial charge in [-0.3, -0.25) is 9.41 Å². The fraction of sp³-hybridized carbons (Fsp3) is 0.143. The molecule has 0 spiro atoms. The normalized spacial score (nSPS) is 19.6. The van der Waals surface area contributed by atoms with E-state index >= 15 is 0 Å². The maximum atomic E-state index is 2.66. The monoisotopic (exact) mass is 699 g/mol. The Morgan fingerprint density at radius 3 is 1.26 bits per heavy atom. The molecule has 0 radical (unpaired) electrons. The molecule has 0 N–H and O–H groups in total. The van der Waals surface area contributed by atoms with Gasteiger partial charge in [0.25, 0.3) is 0 Å². The van der Waals surface area contributed by atoms with Crippen molar-refractivity contribution in [1.82, 2.24) is 0 Å². The van der Waals surface area contributed by atoms with Gasteiger partial charge < -0.3 is 0 Å². The number of hydrogen-bond acceptors (Lipinski definition) is 0. The molecule has 6 aromatic rings. The molecule has 0 amide bonds. The minimum atomic E-state index is -2.59. The average molecular weight is 701 g/mol. The molecular formula is C42H39F2SiZr. The van der Waals surface area contributed by atoms with E-state index in [9.17, 15) is 0 Å². The van der Waals surface area contributed by atoms with Crippen LogP contribution in [0.15, 0.2) is 133 Å². The van der Waals surface area contributed by atoms with E-state index < -0.39 is 26.8 Å². The van der Waals surface area contributed by atoms with Gasteiger partial charge in [-0.2, -0.15) is 0 Å². The Morgan fingerprint density at radius 1 is 0.457 bits per heavy atom. The van der Waals surface area contributed by atoms with E-state index in [1.54, 1.807) is 6.56 Å². The molecule has 0 fully saturated rings. The van der Waals surface area contributed by atoms with Gasteiger partial charge in [0.15, 0.2) is 0 Å². The van der Waals surface area contributed by atoms with Crippen molar-refractivity contribution in [2.24, 2.45) is 0 Å². The van der Waals surface area contributed by atoms with Crippen molar-refractivity contribution >= 4 is 46.2 Å². The smallest absolute Gasteiger partial charge is 0.269 e. The third kappa shape index (κ3) is 4.76. The van der Waals surface area contributed by atoms with Gasteiger partial charge in [0.05, 0.1) is 0 Å². The first-order valence-corrected chi connectivity index (χ1v) is 25.5. The molecule has 46 heavy (non-hydrogen) atoms. The Hall–Kier alpha value is -3.72. The molecule has 0 bridgehead atoms. The van der Waals surface area contributed by atoms with Gasteiger partial charge in [0.1, 0.15) is 0 Å². The molecule has 0 saturated carbocycles. The third-order valence-corrected chi connectivity index (χ3v) is 29.8. The number of fused-ring (bicyclic) bond motifs is 4. The largest absolute Gasteiger partial charge is 0.269 e. The third-order valence-electron chi connectivity index (χ3n) is 10.2. The zero-order valence-corrected chi connectivity index (χ0v) is 30.4. The molecule has 229 valence electrons. The summed E-state index contributed by atoms with van der Waals surface area (Å²) in [4.78, 5) is 0. The SMILES string of the molecule is C[SiH](C)[Zr]([C]1=c2ccccc2=CC1(C)c1cccc2ccccc12)[C]1=c2ccccc2=CC1(C)c1cccc2ccccc12.F.F. The Kier molecular flexibility index (Phi) is 8.51. The Bertz CT molecular complexity index is 2200. The summed E-state index contributed by atoms with van der Waals surface area (Å²) in [5, 5.41) is 11.3. The fourth-order valence-corrected chi connectivity index (χ4v) is 30.3. The summed E-state index contributed by atoms with van der Waals surface area (Å²) in [6.07, 6.45) is 5.24. The van der Waals surface area contributed by atoms with Crippen LogP contribution in [0.5, 0.6) is 0 Å². The van der Waals surface area contributed by atoms with Crippen molar-refractivity contribution in [2.45, 2.75) is 37.8 Å². The van der Waals surface area contributed by atoms with Gasteiger partial charge >= 0.3 is 270 Å². The van der Waals surface area contributed by atoms with Crippen LogP contribution >= 0.6 is 0 Å². The first-order valence-electron chi connectivity index (χ1n) is 15.9. The van der Waals surface area contributed by atoms with E-state index in [1.165, 1.54) is 53.5 Å². The van der Waals surface area contributed by atoms with Crippen LogP contribution in [0, 0.1) is 0 Å². The van der Waals surface area contributed by atoms with Crippen molar-refractivity contribution in [3.8, 4) is 0 Å². The topological polar surface area (TPSA) is 0 Å². The number of rotatable bonds is 5. The van der Waals surface area contributed by atoms with Crippen LogP contribution < -0.4 is 20.9 Å². The van der Waals surface area contributed by atoms with E-state index in [0.717, 1.165) is 0 Å². The van der Waals surface area contributed by atoms with Gasteiger partial charge in [-0.05, 0) is 0 Å². The zero-order valence-electron chi connectivity index (χ0n) is 26.8. The van der Waals surface area contributed by atoms with Gasteiger partial charge in [-0.25, -0.2) is 0 Å². The first kappa shape index (κ1) is 32.2.